The maximum Gasteiger partial charge on any atom is 0.323 e. The van der Waals surface area contributed by atoms with Crippen LogP contribution in [0.2, 0.25) is 0 Å². The van der Waals surface area contributed by atoms with Crippen LogP contribution < -0.4 is 5.48 Å². The molecule has 0 aromatic heterocycles. The molecule has 2 unspecified atom stereocenters. The van der Waals surface area contributed by atoms with E-state index in [4.69, 9.17) is 19.0 Å². The number of carbonyl (C=O) groups is 2. The highest BCUT2D eigenvalue weighted by Gasteiger charge is 2.37. The number of likely N-dealkylation sites (tertiary alicyclic amines) is 1. The third kappa shape index (κ3) is 30.0. The van der Waals surface area contributed by atoms with Gasteiger partial charge in [0.15, 0.2) is 0 Å². The average molecular weight is 767 g/mol. The summed E-state index contributed by atoms with van der Waals surface area (Å²) in [5, 5.41) is 0. The van der Waals surface area contributed by atoms with Crippen molar-refractivity contribution >= 4 is 11.9 Å². The molecule has 0 saturated carbocycles. The van der Waals surface area contributed by atoms with Gasteiger partial charge in [-0.3, -0.25) is 14.5 Å². The van der Waals surface area contributed by atoms with Gasteiger partial charge in [0.1, 0.15) is 12.1 Å². The molecule has 0 aromatic carbocycles. The van der Waals surface area contributed by atoms with Crippen molar-refractivity contribution in [3.63, 3.8) is 0 Å². The lowest BCUT2D eigenvalue weighted by atomic mass is 10.0. The molecule has 0 bridgehead atoms. The zero-order valence-corrected chi connectivity index (χ0v) is 36.3. The number of carbonyl (C=O) groups excluding carboxylic acids is 2. The molecule has 0 spiro atoms. The summed E-state index contributed by atoms with van der Waals surface area (Å²) in [5.41, 5.74) is 3.13. The molecule has 1 heterocycles. The van der Waals surface area contributed by atoms with Gasteiger partial charge in [0, 0.05) is 33.0 Å². The molecule has 8 nitrogen and oxygen atoms in total. The van der Waals surface area contributed by atoms with Crippen LogP contribution in [0.3, 0.4) is 0 Å². The maximum absolute atomic E-state index is 13.0. The van der Waals surface area contributed by atoms with Crippen LogP contribution in [-0.2, 0) is 28.6 Å². The van der Waals surface area contributed by atoms with Gasteiger partial charge in [-0.2, -0.15) is 0 Å². The number of hydroxylamine groups is 1. The molecule has 1 N–H and O–H groups in total. The smallest absolute Gasteiger partial charge is 0.323 e. The Kier molecular flexibility index (Phi) is 36.4. The predicted octanol–water partition coefficient (Wildman–Crippen LogP) is 12.2. The highest BCUT2D eigenvalue weighted by atomic mass is 16.6. The summed E-state index contributed by atoms with van der Waals surface area (Å²) in [6, 6.07) is -0.219. The topological polar surface area (TPSA) is 86.3 Å². The first-order valence-corrected chi connectivity index (χ1v) is 23.5. The molecule has 1 fully saturated rings. The number of hydrogen-bond acceptors (Lipinski definition) is 8. The van der Waals surface area contributed by atoms with E-state index in [0.717, 1.165) is 103 Å². The number of hydrogen-bond donors (Lipinski definition) is 1. The third-order valence-corrected chi connectivity index (χ3v) is 11.2. The van der Waals surface area contributed by atoms with Crippen molar-refractivity contribution in [2.24, 2.45) is 0 Å². The van der Waals surface area contributed by atoms with Crippen molar-refractivity contribution < 1.29 is 28.6 Å². The molecule has 0 radical (unpaired) electrons. The van der Waals surface area contributed by atoms with Crippen molar-refractivity contribution in [3.8, 4) is 0 Å². The second-order valence-electron chi connectivity index (χ2n) is 16.3. The van der Waals surface area contributed by atoms with E-state index in [1.807, 2.05) is 0 Å². The molecular formula is C46H90N2O6. The Hall–Kier alpha value is -1.22. The summed E-state index contributed by atoms with van der Waals surface area (Å²) < 4.78 is 17.4. The first-order chi connectivity index (χ1) is 26.5. The largest absolute Gasteiger partial charge is 0.465 e. The number of esters is 2. The summed E-state index contributed by atoms with van der Waals surface area (Å²) in [6.07, 6.45) is 37.3. The van der Waals surface area contributed by atoms with Crippen molar-refractivity contribution in [2.45, 2.75) is 244 Å². The minimum absolute atomic E-state index is 0.0358. The van der Waals surface area contributed by atoms with Crippen molar-refractivity contribution in [1.29, 1.82) is 0 Å². The van der Waals surface area contributed by atoms with E-state index in [2.05, 4.69) is 31.2 Å². The van der Waals surface area contributed by atoms with Gasteiger partial charge in [0.25, 0.3) is 0 Å². The average Bonchev–Trinajstić information content (AvgIpc) is 3.60. The fourth-order valence-corrected chi connectivity index (χ4v) is 7.65. The van der Waals surface area contributed by atoms with E-state index < -0.39 is 0 Å². The lowest BCUT2D eigenvalue weighted by Gasteiger charge is -2.22. The van der Waals surface area contributed by atoms with E-state index in [9.17, 15) is 9.59 Å². The molecule has 1 rings (SSSR count). The van der Waals surface area contributed by atoms with E-state index in [0.29, 0.717) is 19.4 Å². The van der Waals surface area contributed by atoms with Crippen LogP contribution in [0.4, 0.5) is 0 Å². The Balaban J connectivity index is 2.16. The zero-order valence-electron chi connectivity index (χ0n) is 36.3. The Labute approximate surface area is 334 Å². The summed E-state index contributed by atoms with van der Waals surface area (Å²) in [6.45, 7) is 10.5. The summed E-state index contributed by atoms with van der Waals surface area (Å²) in [5.74, 6) is -0.155. The van der Waals surface area contributed by atoms with Gasteiger partial charge in [-0.25, -0.2) is 5.48 Å². The number of nitrogens with zero attached hydrogens (tertiary/aromatic N) is 1. The van der Waals surface area contributed by atoms with Crippen LogP contribution in [0, 0.1) is 0 Å². The summed E-state index contributed by atoms with van der Waals surface area (Å²) >= 11 is 0. The highest BCUT2D eigenvalue weighted by Crippen LogP contribution is 2.23. The Morgan fingerprint density at radius 2 is 1.11 bits per heavy atom. The number of unbranched alkanes of at least 4 members (excludes halogenated alkanes) is 23. The van der Waals surface area contributed by atoms with E-state index in [-0.39, 0.29) is 30.2 Å². The second-order valence-corrected chi connectivity index (χ2v) is 16.3. The fraction of sp³-hybridized carbons (Fsp3) is 0.957. The number of nitrogens with one attached hydrogen (secondary N) is 1. The van der Waals surface area contributed by atoms with Crippen molar-refractivity contribution in [2.75, 3.05) is 40.0 Å². The minimum Gasteiger partial charge on any atom is -0.465 e. The lowest BCUT2D eigenvalue weighted by Crippen LogP contribution is -2.38. The SMILES string of the molecule is CCCCCCCCCCCONCCCCCN1CC(OC)CC1C(=O)OCCCCCCC(=O)OC(CCCCCCCC)CCCCCCCC. The van der Waals surface area contributed by atoms with Gasteiger partial charge in [-0.05, 0) is 64.3 Å². The standard InChI is InChI=1S/C46H90N2O6/c1-5-8-11-14-17-18-19-23-32-39-53-47-36-29-25-30-37-48-41-43(51-4)40-44(48)46(50)52-38-31-24-22-28-35-45(49)54-42(33-26-20-15-12-9-6-2)34-27-21-16-13-10-7-3/h42-44,47H,5-41H2,1-4H3. The Morgan fingerprint density at radius 1 is 0.611 bits per heavy atom. The van der Waals surface area contributed by atoms with Crippen LogP contribution in [0.25, 0.3) is 0 Å². The fourth-order valence-electron chi connectivity index (χ4n) is 7.65. The van der Waals surface area contributed by atoms with Crippen LogP contribution in [0.15, 0.2) is 0 Å². The van der Waals surface area contributed by atoms with Crippen molar-refractivity contribution in [3.05, 3.63) is 0 Å². The van der Waals surface area contributed by atoms with E-state index in [1.54, 1.807) is 7.11 Å². The lowest BCUT2D eigenvalue weighted by molar-refractivity contribution is -0.150. The van der Waals surface area contributed by atoms with E-state index in [1.165, 1.54) is 116 Å². The first kappa shape index (κ1) is 50.8. The second kappa shape index (κ2) is 38.6. The van der Waals surface area contributed by atoms with Crippen LogP contribution in [0.1, 0.15) is 226 Å². The normalized spacial score (nSPS) is 16.1. The summed E-state index contributed by atoms with van der Waals surface area (Å²) in [7, 11) is 1.73. The number of methoxy groups -OCH3 is 1. The molecule has 1 saturated heterocycles. The quantitative estimate of drug-likeness (QED) is 0.0374. The van der Waals surface area contributed by atoms with Crippen LogP contribution in [0.5, 0.6) is 0 Å². The molecule has 0 aromatic rings. The molecule has 54 heavy (non-hydrogen) atoms. The highest BCUT2D eigenvalue weighted by molar-refractivity contribution is 5.76. The van der Waals surface area contributed by atoms with Crippen molar-refractivity contribution in [1.82, 2.24) is 10.4 Å². The van der Waals surface area contributed by atoms with Gasteiger partial charge in [-0.15, -0.1) is 0 Å². The Bertz CT molecular complexity index is 813. The zero-order chi connectivity index (χ0) is 39.2. The van der Waals surface area contributed by atoms with Crippen LogP contribution in [-0.4, -0.2) is 75.0 Å². The van der Waals surface area contributed by atoms with Gasteiger partial charge < -0.3 is 19.0 Å². The van der Waals surface area contributed by atoms with Gasteiger partial charge >= 0.3 is 11.9 Å². The molecule has 2 atom stereocenters. The van der Waals surface area contributed by atoms with Gasteiger partial charge in [0.05, 0.1) is 19.3 Å². The number of ether oxygens (including phenoxy) is 3. The van der Waals surface area contributed by atoms with Crippen LogP contribution >= 0.6 is 0 Å². The maximum atomic E-state index is 13.0. The molecule has 0 amide bonds. The minimum atomic E-state index is -0.219. The molecule has 1 aliphatic heterocycles. The first-order valence-electron chi connectivity index (χ1n) is 23.5. The third-order valence-electron chi connectivity index (χ3n) is 11.2. The molecule has 320 valence electrons. The molecule has 8 heteroatoms. The summed E-state index contributed by atoms with van der Waals surface area (Å²) in [4.78, 5) is 33.6. The Morgan fingerprint density at radius 3 is 1.69 bits per heavy atom. The number of rotatable bonds is 41. The van der Waals surface area contributed by atoms with Gasteiger partial charge in [-0.1, -0.05) is 156 Å². The van der Waals surface area contributed by atoms with E-state index >= 15 is 0 Å². The molecule has 0 aliphatic carbocycles. The molecular weight excluding hydrogens is 677 g/mol. The molecule has 1 aliphatic rings. The monoisotopic (exact) mass is 767 g/mol. The van der Waals surface area contributed by atoms with Gasteiger partial charge in [0.2, 0.25) is 0 Å². The predicted molar refractivity (Wildman–Crippen MR) is 226 cm³/mol.